The number of pyridine rings is 1. The Hall–Kier alpha value is -0.970. The summed E-state index contributed by atoms with van der Waals surface area (Å²) in [4.78, 5) is 6.66. The smallest absolute Gasteiger partial charge is 0.0622 e. The van der Waals surface area contributed by atoms with Crippen molar-refractivity contribution in [3.05, 3.63) is 29.6 Å². The Balaban J connectivity index is 2.11. The lowest BCUT2D eigenvalue weighted by atomic mass is 10.1. The van der Waals surface area contributed by atoms with Crippen molar-refractivity contribution in [3.63, 3.8) is 0 Å². The molecule has 1 fully saturated rings. The Bertz CT molecular complexity index is 346. The average Bonchev–Trinajstić information content (AvgIpc) is 2.86. The van der Waals surface area contributed by atoms with Gasteiger partial charge in [0.2, 0.25) is 0 Å². The van der Waals surface area contributed by atoms with Crippen LogP contribution >= 0.6 is 0 Å². The molecule has 4 heteroatoms. The van der Waals surface area contributed by atoms with Crippen molar-refractivity contribution >= 4 is 0 Å². The standard InChI is InChI=1S/C13H21N3O/c1-10-3-4-11(8-15-10)13(7-14)16(2)12-5-6-17-9-12/h3-4,8,12-13H,5-7,9,14H2,1-2H3. The Kier molecular flexibility index (Phi) is 4.10. The van der Waals surface area contributed by atoms with E-state index >= 15 is 0 Å². The first-order valence-electron chi connectivity index (χ1n) is 6.14. The number of rotatable bonds is 4. The third kappa shape index (κ3) is 2.83. The highest BCUT2D eigenvalue weighted by Crippen LogP contribution is 2.23. The molecule has 2 atom stereocenters. The monoisotopic (exact) mass is 235 g/mol. The highest BCUT2D eigenvalue weighted by atomic mass is 16.5. The van der Waals surface area contributed by atoms with Crippen LogP contribution in [-0.2, 0) is 4.74 Å². The van der Waals surface area contributed by atoms with E-state index in [2.05, 4.69) is 23.0 Å². The number of aromatic nitrogens is 1. The summed E-state index contributed by atoms with van der Waals surface area (Å²) >= 11 is 0. The third-order valence-corrected chi connectivity index (χ3v) is 3.52. The fraction of sp³-hybridized carbons (Fsp3) is 0.615. The van der Waals surface area contributed by atoms with Gasteiger partial charge in [-0.15, -0.1) is 0 Å². The lowest BCUT2D eigenvalue weighted by molar-refractivity contribution is 0.134. The van der Waals surface area contributed by atoms with E-state index in [9.17, 15) is 0 Å². The molecule has 2 heterocycles. The summed E-state index contributed by atoms with van der Waals surface area (Å²) in [7, 11) is 2.12. The van der Waals surface area contributed by atoms with E-state index in [0.29, 0.717) is 12.6 Å². The highest BCUT2D eigenvalue weighted by molar-refractivity contribution is 5.18. The van der Waals surface area contributed by atoms with Gasteiger partial charge < -0.3 is 10.5 Å². The van der Waals surface area contributed by atoms with Gasteiger partial charge in [0.25, 0.3) is 0 Å². The Labute approximate surface area is 103 Å². The van der Waals surface area contributed by atoms with Gasteiger partial charge in [0.05, 0.1) is 6.61 Å². The van der Waals surface area contributed by atoms with Crippen LogP contribution in [0.4, 0.5) is 0 Å². The van der Waals surface area contributed by atoms with E-state index in [1.165, 1.54) is 5.56 Å². The normalized spacial score (nSPS) is 22.0. The SMILES string of the molecule is Cc1ccc(C(CN)N(C)C2CCOC2)cn1. The molecule has 0 aromatic carbocycles. The van der Waals surface area contributed by atoms with Crippen LogP contribution in [0, 0.1) is 6.92 Å². The second kappa shape index (κ2) is 5.58. The molecule has 0 aliphatic carbocycles. The second-order valence-corrected chi connectivity index (χ2v) is 4.67. The molecular formula is C13H21N3O. The maximum absolute atomic E-state index is 5.90. The van der Waals surface area contributed by atoms with Gasteiger partial charge in [0.15, 0.2) is 0 Å². The van der Waals surface area contributed by atoms with Gasteiger partial charge in [-0.25, -0.2) is 0 Å². The van der Waals surface area contributed by atoms with Gasteiger partial charge in [-0.2, -0.15) is 0 Å². The maximum Gasteiger partial charge on any atom is 0.0622 e. The largest absolute Gasteiger partial charge is 0.380 e. The van der Waals surface area contributed by atoms with Crippen molar-refractivity contribution in [1.82, 2.24) is 9.88 Å². The Morgan fingerprint density at radius 3 is 2.94 bits per heavy atom. The Morgan fingerprint density at radius 1 is 1.59 bits per heavy atom. The van der Waals surface area contributed by atoms with Crippen LogP contribution in [0.5, 0.6) is 0 Å². The minimum Gasteiger partial charge on any atom is -0.380 e. The Morgan fingerprint density at radius 2 is 2.41 bits per heavy atom. The molecule has 1 saturated heterocycles. The van der Waals surface area contributed by atoms with Crippen LogP contribution < -0.4 is 5.73 Å². The van der Waals surface area contributed by atoms with Crippen molar-refractivity contribution < 1.29 is 4.74 Å². The zero-order valence-electron chi connectivity index (χ0n) is 10.6. The quantitative estimate of drug-likeness (QED) is 0.849. The van der Waals surface area contributed by atoms with Crippen molar-refractivity contribution in [2.24, 2.45) is 5.73 Å². The highest BCUT2D eigenvalue weighted by Gasteiger charge is 2.26. The minimum atomic E-state index is 0.231. The number of hydrogen-bond donors (Lipinski definition) is 1. The predicted octanol–water partition coefficient (Wildman–Crippen LogP) is 1.11. The molecule has 2 unspecified atom stereocenters. The molecular weight excluding hydrogens is 214 g/mol. The first-order chi connectivity index (χ1) is 8.22. The molecule has 0 bridgehead atoms. The summed E-state index contributed by atoms with van der Waals surface area (Å²) in [5.41, 5.74) is 8.13. The van der Waals surface area contributed by atoms with E-state index in [1.807, 2.05) is 19.2 Å². The van der Waals surface area contributed by atoms with Crippen molar-refractivity contribution in [2.75, 3.05) is 26.8 Å². The molecule has 1 aliphatic heterocycles. The van der Waals surface area contributed by atoms with Crippen LogP contribution in [0.1, 0.15) is 23.7 Å². The zero-order chi connectivity index (χ0) is 12.3. The molecule has 1 aromatic rings. The van der Waals surface area contributed by atoms with Crippen LogP contribution in [0.3, 0.4) is 0 Å². The van der Waals surface area contributed by atoms with E-state index in [0.717, 1.165) is 25.3 Å². The summed E-state index contributed by atoms with van der Waals surface area (Å²) in [6, 6.07) is 4.86. The van der Waals surface area contributed by atoms with Gasteiger partial charge in [0.1, 0.15) is 0 Å². The number of hydrogen-bond acceptors (Lipinski definition) is 4. The average molecular weight is 235 g/mol. The lowest BCUT2D eigenvalue weighted by Crippen LogP contribution is -2.39. The summed E-state index contributed by atoms with van der Waals surface area (Å²) in [6.07, 6.45) is 3.02. The molecule has 0 saturated carbocycles. The number of nitrogens with two attached hydrogens (primary N) is 1. The van der Waals surface area contributed by atoms with Crippen molar-refractivity contribution in [1.29, 1.82) is 0 Å². The molecule has 4 nitrogen and oxygen atoms in total. The predicted molar refractivity (Wildman–Crippen MR) is 67.8 cm³/mol. The second-order valence-electron chi connectivity index (χ2n) is 4.67. The number of nitrogens with zero attached hydrogens (tertiary/aromatic N) is 2. The lowest BCUT2D eigenvalue weighted by Gasteiger charge is -2.31. The molecule has 0 amide bonds. The van der Waals surface area contributed by atoms with Crippen molar-refractivity contribution in [3.8, 4) is 0 Å². The maximum atomic E-state index is 5.90. The van der Waals surface area contributed by atoms with Crippen LogP contribution in [0.15, 0.2) is 18.3 Å². The van der Waals surface area contributed by atoms with Gasteiger partial charge in [-0.1, -0.05) is 6.07 Å². The van der Waals surface area contributed by atoms with Gasteiger partial charge in [0, 0.05) is 37.1 Å². The third-order valence-electron chi connectivity index (χ3n) is 3.52. The number of ether oxygens (including phenoxy) is 1. The fourth-order valence-corrected chi connectivity index (χ4v) is 2.31. The first-order valence-corrected chi connectivity index (χ1v) is 6.14. The summed E-state index contributed by atoms with van der Waals surface area (Å²) < 4.78 is 5.43. The minimum absolute atomic E-state index is 0.231. The summed E-state index contributed by atoms with van der Waals surface area (Å²) in [6.45, 7) is 4.28. The van der Waals surface area contributed by atoms with E-state index in [-0.39, 0.29) is 6.04 Å². The summed E-state index contributed by atoms with van der Waals surface area (Å²) in [5, 5.41) is 0. The molecule has 1 aliphatic rings. The number of aryl methyl sites for hydroxylation is 1. The van der Waals surface area contributed by atoms with E-state index in [4.69, 9.17) is 10.5 Å². The van der Waals surface area contributed by atoms with Gasteiger partial charge >= 0.3 is 0 Å². The molecule has 0 radical (unpaired) electrons. The van der Waals surface area contributed by atoms with E-state index < -0.39 is 0 Å². The molecule has 0 spiro atoms. The molecule has 2 N–H and O–H groups in total. The van der Waals surface area contributed by atoms with Crippen molar-refractivity contribution in [2.45, 2.75) is 25.4 Å². The van der Waals surface area contributed by atoms with Crippen LogP contribution in [-0.4, -0.2) is 42.7 Å². The fourth-order valence-electron chi connectivity index (χ4n) is 2.31. The van der Waals surface area contributed by atoms with Gasteiger partial charge in [-0.05, 0) is 32.0 Å². The zero-order valence-corrected chi connectivity index (χ0v) is 10.6. The summed E-state index contributed by atoms with van der Waals surface area (Å²) in [5.74, 6) is 0. The van der Waals surface area contributed by atoms with Crippen LogP contribution in [0.25, 0.3) is 0 Å². The van der Waals surface area contributed by atoms with Crippen LogP contribution in [0.2, 0.25) is 0 Å². The molecule has 94 valence electrons. The molecule has 17 heavy (non-hydrogen) atoms. The molecule has 1 aromatic heterocycles. The number of likely N-dealkylation sites (N-methyl/N-ethyl adjacent to an activating group) is 1. The molecule has 2 rings (SSSR count). The first kappa shape index (κ1) is 12.5. The van der Waals surface area contributed by atoms with Gasteiger partial charge in [-0.3, -0.25) is 9.88 Å². The van der Waals surface area contributed by atoms with E-state index in [1.54, 1.807) is 0 Å². The topological polar surface area (TPSA) is 51.4 Å².